The Morgan fingerprint density at radius 2 is 1.71 bits per heavy atom. The highest BCUT2D eigenvalue weighted by molar-refractivity contribution is 6.32. The zero-order valence-electron chi connectivity index (χ0n) is 12.3. The van der Waals surface area contributed by atoms with E-state index in [1.807, 2.05) is 32.0 Å². The van der Waals surface area contributed by atoms with Gasteiger partial charge in [-0.15, -0.1) is 0 Å². The molecule has 1 nitrogen and oxygen atoms in total. The number of hydrogen-bond acceptors (Lipinski definition) is 1. The standard InChI is InChI=1S/C17H18ClF2N/c1-4-21-17(12-7-5-6-10(2)14(12)18)13-9-8-11(3)15(19)16(13)20/h5-9,17,21H,4H2,1-3H3. The van der Waals surface area contributed by atoms with Gasteiger partial charge in [-0.05, 0) is 37.1 Å². The van der Waals surface area contributed by atoms with Crippen LogP contribution in [0.15, 0.2) is 30.3 Å². The summed E-state index contributed by atoms with van der Waals surface area (Å²) in [5, 5.41) is 3.75. The second-order valence-electron chi connectivity index (χ2n) is 5.07. The molecule has 0 aromatic heterocycles. The van der Waals surface area contributed by atoms with Crippen LogP contribution in [0.25, 0.3) is 0 Å². The van der Waals surface area contributed by atoms with Crippen LogP contribution >= 0.6 is 11.6 Å². The smallest absolute Gasteiger partial charge is 0.164 e. The third-order valence-corrected chi connectivity index (χ3v) is 4.07. The molecule has 112 valence electrons. The average molecular weight is 310 g/mol. The number of nitrogens with one attached hydrogen (secondary N) is 1. The Labute approximate surface area is 128 Å². The molecule has 0 bridgehead atoms. The molecule has 2 aromatic rings. The second kappa shape index (κ2) is 6.54. The topological polar surface area (TPSA) is 12.0 Å². The molecule has 1 N–H and O–H groups in total. The van der Waals surface area contributed by atoms with Crippen LogP contribution in [0.2, 0.25) is 5.02 Å². The summed E-state index contributed by atoms with van der Waals surface area (Å²) in [5.41, 5.74) is 2.22. The lowest BCUT2D eigenvalue weighted by molar-refractivity contribution is 0.478. The van der Waals surface area contributed by atoms with Gasteiger partial charge in [0, 0.05) is 10.6 Å². The summed E-state index contributed by atoms with van der Waals surface area (Å²) < 4.78 is 28.1. The number of hydrogen-bond donors (Lipinski definition) is 1. The van der Waals surface area contributed by atoms with Gasteiger partial charge in [-0.3, -0.25) is 0 Å². The minimum Gasteiger partial charge on any atom is -0.306 e. The van der Waals surface area contributed by atoms with E-state index in [-0.39, 0.29) is 5.56 Å². The highest BCUT2D eigenvalue weighted by Gasteiger charge is 2.22. The summed E-state index contributed by atoms with van der Waals surface area (Å²) in [7, 11) is 0. The van der Waals surface area contributed by atoms with Crippen molar-refractivity contribution in [1.29, 1.82) is 0 Å². The molecule has 0 heterocycles. The minimum atomic E-state index is -0.821. The van der Waals surface area contributed by atoms with E-state index in [4.69, 9.17) is 11.6 Å². The largest absolute Gasteiger partial charge is 0.306 e. The van der Waals surface area contributed by atoms with Gasteiger partial charge in [0.25, 0.3) is 0 Å². The highest BCUT2D eigenvalue weighted by atomic mass is 35.5. The molecule has 21 heavy (non-hydrogen) atoms. The van der Waals surface area contributed by atoms with Crippen LogP contribution < -0.4 is 5.32 Å². The lowest BCUT2D eigenvalue weighted by Crippen LogP contribution is -2.24. The van der Waals surface area contributed by atoms with Gasteiger partial charge in [-0.2, -0.15) is 0 Å². The van der Waals surface area contributed by atoms with Gasteiger partial charge in [-0.1, -0.05) is 48.9 Å². The predicted octanol–water partition coefficient (Wildman–Crippen LogP) is 4.93. The summed E-state index contributed by atoms with van der Waals surface area (Å²) in [4.78, 5) is 0. The maximum absolute atomic E-state index is 14.3. The maximum atomic E-state index is 14.3. The van der Waals surface area contributed by atoms with Gasteiger partial charge >= 0.3 is 0 Å². The summed E-state index contributed by atoms with van der Waals surface area (Å²) >= 11 is 6.34. The number of benzene rings is 2. The zero-order valence-corrected chi connectivity index (χ0v) is 13.1. The Morgan fingerprint density at radius 1 is 1.00 bits per heavy atom. The Kier molecular flexibility index (Phi) is 4.96. The molecular weight excluding hydrogens is 292 g/mol. The summed E-state index contributed by atoms with van der Waals surface area (Å²) in [6.45, 7) is 5.97. The molecule has 2 rings (SSSR count). The molecule has 0 aliphatic carbocycles. The van der Waals surface area contributed by atoms with Crippen molar-refractivity contribution in [1.82, 2.24) is 5.32 Å². The molecular formula is C17H18ClF2N. The first-order chi connectivity index (χ1) is 9.97. The molecule has 0 radical (unpaired) electrons. The Hall–Kier alpha value is -1.45. The average Bonchev–Trinajstić information content (AvgIpc) is 2.46. The molecule has 1 atom stereocenters. The quantitative estimate of drug-likeness (QED) is 0.844. The van der Waals surface area contributed by atoms with Gasteiger partial charge in [0.15, 0.2) is 11.6 Å². The van der Waals surface area contributed by atoms with Crippen molar-refractivity contribution in [2.24, 2.45) is 0 Å². The fourth-order valence-electron chi connectivity index (χ4n) is 2.37. The molecule has 2 aromatic carbocycles. The van der Waals surface area contributed by atoms with Crippen LogP contribution in [-0.4, -0.2) is 6.54 Å². The molecule has 0 saturated carbocycles. The first kappa shape index (κ1) is 15.9. The van der Waals surface area contributed by atoms with Crippen molar-refractivity contribution in [3.63, 3.8) is 0 Å². The minimum absolute atomic E-state index is 0.271. The second-order valence-corrected chi connectivity index (χ2v) is 5.45. The van der Waals surface area contributed by atoms with Crippen LogP contribution in [0.4, 0.5) is 8.78 Å². The molecule has 0 aliphatic rings. The molecule has 4 heteroatoms. The van der Waals surface area contributed by atoms with Crippen LogP contribution in [0.3, 0.4) is 0 Å². The molecule has 1 unspecified atom stereocenters. The monoisotopic (exact) mass is 309 g/mol. The first-order valence-electron chi connectivity index (χ1n) is 6.90. The molecule has 0 amide bonds. The van der Waals surface area contributed by atoms with Gasteiger partial charge in [-0.25, -0.2) is 8.78 Å². The molecule has 0 saturated heterocycles. The van der Waals surface area contributed by atoms with E-state index in [0.717, 1.165) is 11.1 Å². The van der Waals surface area contributed by atoms with E-state index in [1.54, 1.807) is 19.1 Å². The Morgan fingerprint density at radius 3 is 2.38 bits per heavy atom. The highest BCUT2D eigenvalue weighted by Crippen LogP contribution is 2.32. The Bertz CT molecular complexity index is 655. The van der Waals surface area contributed by atoms with Crippen LogP contribution in [-0.2, 0) is 0 Å². The van der Waals surface area contributed by atoms with Crippen molar-refractivity contribution >= 4 is 11.6 Å². The van der Waals surface area contributed by atoms with Crippen molar-refractivity contribution in [3.05, 3.63) is 69.2 Å². The van der Waals surface area contributed by atoms with Crippen molar-refractivity contribution in [3.8, 4) is 0 Å². The van der Waals surface area contributed by atoms with Crippen LogP contribution in [0.1, 0.15) is 35.2 Å². The van der Waals surface area contributed by atoms with E-state index >= 15 is 0 Å². The van der Waals surface area contributed by atoms with Crippen LogP contribution in [0.5, 0.6) is 0 Å². The van der Waals surface area contributed by atoms with Crippen molar-refractivity contribution in [2.45, 2.75) is 26.8 Å². The van der Waals surface area contributed by atoms with E-state index in [2.05, 4.69) is 5.32 Å². The fourth-order valence-corrected chi connectivity index (χ4v) is 2.60. The SMILES string of the molecule is CCNC(c1ccc(C)c(F)c1F)c1cccc(C)c1Cl. The third kappa shape index (κ3) is 3.09. The first-order valence-corrected chi connectivity index (χ1v) is 7.28. The molecule has 0 spiro atoms. The van der Waals surface area contributed by atoms with Crippen molar-refractivity contribution in [2.75, 3.05) is 6.54 Å². The summed E-state index contributed by atoms with van der Waals surface area (Å²) in [6.07, 6.45) is 0. The van der Waals surface area contributed by atoms with E-state index in [9.17, 15) is 8.78 Å². The van der Waals surface area contributed by atoms with Gasteiger partial charge in [0.2, 0.25) is 0 Å². The van der Waals surface area contributed by atoms with Crippen LogP contribution in [0, 0.1) is 25.5 Å². The summed E-state index contributed by atoms with van der Waals surface area (Å²) in [5.74, 6) is -1.63. The lowest BCUT2D eigenvalue weighted by atomic mass is 9.95. The molecule has 0 aliphatic heterocycles. The van der Waals surface area contributed by atoms with Gasteiger partial charge in [0.1, 0.15) is 0 Å². The fraction of sp³-hybridized carbons (Fsp3) is 0.294. The Balaban J connectivity index is 2.59. The van der Waals surface area contributed by atoms with Gasteiger partial charge < -0.3 is 5.32 Å². The third-order valence-electron chi connectivity index (χ3n) is 3.56. The normalized spacial score (nSPS) is 12.5. The number of aryl methyl sites for hydroxylation is 2. The summed E-state index contributed by atoms with van der Waals surface area (Å²) in [6, 6.07) is 8.31. The van der Waals surface area contributed by atoms with E-state index < -0.39 is 17.7 Å². The van der Waals surface area contributed by atoms with Crippen molar-refractivity contribution < 1.29 is 8.78 Å². The number of rotatable bonds is 4. The number of halogens is 3. The predicted molar refractivity (Wildman–Crippen MR) is 82.8 cm³/mol. The van der Waals surface area contributed by atoms with E-state index in [1.165, 1.54) is 0 Å². The maximum Gasteiger partial charge on any atom is 0.164 e. The zero-order chi connectivity index (χ0) is 15.6. The van der Waals surface area contributed by atoms with Gasteiger partial charge in [0.05, 0.1) is 6.04 Å². The van der Waals surface area contributed by atoms with E-state index in [0.29, 0.717) is 17.1 Å². The lowest BCUT2D eigenvalue weighted by Gasteiger charge is -2.22. The molecule has 0 fully saturated rings.